The first kappa shape index (κ1) is 12.7. The van der Waals surface area contributed by atoms with Gasteiger partial charge in [0.05, 0.1) is 0 Å². The van der Waals surface area contributed by atoms with E-state index in [0.717, 1.165) is 12.1 Å². The highest BCUT2D eigenvalue weighted by Gasteiger charge is 2.15. The molecular weight excluding hydrogens is 304 g/mol. The van der Waals surface area contributed by atoms with Crippen LogP contribution in [0.4, 0.5) is 14.5 Å². The van der Waals surface area contributed by atoms with Crippen LogP contribution in [0.25, 0.3) is 0 Å². The SMILES string of the molecule is Nc1ccc(Br)c(C(=O)c2ccc(F)c(F)c2)c1. The molecule has 0 heterocycles. The van der Waals surface area contributed by atoms with Crippen LogP contribution in [0.5, 0.6) is 0 Å². The van der Waals surface area contributed by atoms with E-state index in [1.165, 1.54) is 12.1 Å². The Balaban J connectivity index is 2.47. The molecule has 2 N–H and O–H groups in total. The Morgan fingerprint density at radius 1 is 1.06 bits per heavy atom. The summed E-state index contributed by atoms with van der Waals surface area (Å²) in [6.45, 7) is 0. The van der Waals surface area contributed by atoms with Gasteiger partial charge in [-0.15, -0.1) is 0 Å². The van der Waals surface area contributed by atoms with Crippen molar-refractivity contribution in [2.24, 2.45) is 0 Å². The van der Waals surface area contributed by atoms with Crippen molar-refractivity contribution in [3.8, 4) is 0 Å². The summed E-state index contributed by atoms with van der Waals surface area (Å²) in [5.74, 6) is -2.47. The van der Waals surface area contributed by atoms with Crippen molar-refractivity contribution in [1.29, 1.82) is 0 Å². The van der Waals surface area contributed by atoms with E-state index >= 15 is 0 Å². The van der Waals surface area contributed by atoms with Crippen LogP contribution in [0.15, 0.2) is 40.9 Å². The largest absolute Gasteiger partial charge is 0.399 e. The Morgan fingerprint density at radius 2 is 1.78 bits per heavy atom. The lowest BCUT2D eigenvalue weighted by atomic mass is 10.0. The van der Waals surface area contributed by atoms with E-state index in [0.29, 0.717) is 15.7 Å². The van der Waals surface area contributed by atoms with Crippen LogP contribution in [-0.4, -0.2) is 5.78 Å². The second kappa shape index (κ2) is 4.86. The molecule has 0 radical (unpaired) electrons. The monoisotopic (exact) mass is 311 g/mol. The second-order valence-corrected chi connectivity index (χ2v) is 4.55. The zero-order valence-electron chi connectivity index (χ0n) is 9.08. The third-order valence-electron chi connectivity index (χ3n) is 2.42. The van der Waals surface area contributed by atoms with Crippen molar-refractivity contribution in [3.63, 3.8) is 0 Å². The maximum atomic E-state index is 13.1. The summed E-state index contributed by atoms with van der Waals surface area (Å²) in [7, 11) is 0. The third kappa shape index (κ3) is 2.41. The number of nitrogens with two attached hydrogens (primary N) is 1. The lowest BCUT2D eigenvalue weighted by molar-refractivity contribution is 0.103. The molecule has 0 saturated heterocycles. The van der Waals surface area contributed by atoms with Gasteiger partial charge in [-0.2, -0.15) is 0 Å². The number of nitrogen functional groups attached to an aromatic ring is 1. The van der Waals surface area contributed by atoms with Gasteiger partial charge in [0, 0.05) is 21.3 Å². The number of hydrogen-bond donors (Lipinski definition) is 1. The maximum absolute atomic E-state index is 13.1. The Morgan fingerprint density at radius 3 is 2.44 bits per heavy atom. The first-order valence-corrected chi connectivity index (χ1v) is 5.83. The van der Waals surface area contributed by atoms with Crippen LogP contribution < -0.4 is 5.73 Å². The zero-order valence-corrected chi connectivity index (χ0v) is 10.7. The van der Waals surface area contributed by atoms with Crippen molar-refractivity contribution in [3.05, 3.63) is 63.6 Å². The first-order valence-electron chi connectivity index (χ1n) is 5.04. The minimum Gasteiger partial charge on any atom is -0.399 e. The molecule has 0 amide bonds. The Kier molecular flexibility index (Phi) is 3.43. The molecule has 2 nitrogen and oxygen atoms in total. The number of ketones is 1. The molecule has 2 rings (SSSR count). The van der Waals surface area contributed by atoms with Gasteiger partial charge in [0.2, 0.25) is 0 Å². The van der Waals surface area contributed by atoms with Crippen LogP contribution in [0.2, 0.25) is 0 Å². The highest BCUT2D eigenvalue weighted by molar-refractivity contribution is 9.10. The Hall–Kier alpha value is -1.75. The number of carbonyl (C=O) groups is 1. The fourth-order valence-corrected chi connectivity index (χ4v) is 1.94. The summed E-state index contributed by atoms with van der Waals surface area (Å²) in [4.78, 5) is 12.1. The van der Waals surface area contributed by atoms with Crippen LogP contribution >= 0.6 is 15.9 Å². The molecule has 0 saturated carbocycles. The predicted octanol–water partition coefficient (Wildman–Crippen LogP) is 3.54. The van der Waals surface area contributed by atoms with Crippen molar-refractivity contribution in [2.75, 3.05) is 5.73 Å². The highest BCUT2D eigenvalue weighted by atomic mass is 79.9. The number of halogens is 3. The van der Waals surface area contributed by atoms with Crippen LogP contribution in [0.3, 0.4) is 0 Å². The molecule has 0 unspecified atom stereocenters. The molecule has 0 atom stereocenters. The zero-order chi connectivity index (χ0) is 13.3. The summed E-state index contributed by atoms with van der Waals surface area (Å²) in [5.41, 5.74) is 6.39. The standard InChI is InChI=1S/C13H8BrF2NO/c14-10-3-2-8(17)6-9(10)13(18)7-1-4-11(15)12(16)5-7/h1-6H,17H2. The summed E-state index contributed by atoms with van der Waals surface area (Å²) in [5, 5.41) is 0. The minimum absolute atomic E-state index is 0.0696. The molecule has 0 bridgehead atoms. The van der Waals surface area contributed by atoms with Gasteiger partial charge in [-0.25, -0.2) is 8.78 Å². The third-order valence-corrected chi connectivity index (χ3v) is 3.11. The summed E-state index contributed by atoms with van der Waals surface area (Å²) in [6.07, 6.45) is 0. The molecule has 92 valence electrons. The molecule has 0 spiro atoms. The van der Waals surface area contributed by atoms with Crippen LogP contribution in [-0.2, 0) is 0 Å². The molecule has 2 aromatic rings. The Labute approximate surface area is 111 Å². The average Bonchev–Trinajstić information content (AvgIpc) is 2.35. The van der Waals surface area contributed by atoms with Crippen molar-refractivity contribution in [2.45, 2.75) is 0 Å². The molecule has 0 aromatic heterocycles. The van der Waals surface area contributed by atoms with Gasteiger partial charge in [-0.05, 0) is 36.4 Å². The lowest BCUT2D eigenvalue weighted by Crippen LogP contribution is -2.04. The molecule has 0 aliphatic heterocycles. The van der Waals surface area contributed by atoms with E-state index in [4.69, 9.17) is 5.73 Å². The van der Waals surface area contributed by atoms with Crippen molar-refractivity contribution < 1.29 is 13.6 Å². The number of benzene rings is 2. The van der Waals surface area contributed by atoms with Crippen LogP contribution in [0, 0.1) is 11.6 Å². The van der Waals surface area contributed by atoms with E-state index in [1.807, 2.05) is 0 Å². The van der Waals surface area contributed by atoms with Gasteiger partial charge in [0.1, 0.15) is 0 Å². The molecular formula is C13H8BrF2NO. The fraction of sp³-hybridized carbons (Fsp3) is 0. The predicted molar refractivity (Wildman–Crippen MR) is 68.3 cm³/mol. The van der Waals surface area contributed by atoms with Gasteiger partial charge in [-0.1, -0.05) is 15.9 Å². The highest BCUT2D eigenvalue weighted by Crippen LogP contribution is 2.23. The summed E-state index contributed by atoms with van der Waals surface area (Å²) < 4.78 is 26.4. The maximum Gasteiger partial charge on any atom is 0.194 e. The van der Waals surface area contributed by atoms with E-state index in [-0.39, 0.29) is 5.56 Å². The second-order valence-electron chi connectivity index (χ2n) is 3.70. The van der Waals surface area contributed by atoms with Gasteiger partial charge in [-0.3, -0.25) is 4.79 Å². The van der Waals surface area contributed by atoms with Gasteiger partial charge >= 0.3 is 0 Å². The minimum atomic E-state index is -1.05. The quantitative estimate of drug-likeness (QED) is 0.681. The van der Waals surface area contributed by atoms with E-state index < -0.39 is 17.4 Å². The van der Waals surface area contributed by atoms with Crippen molar-refractivity contribution >= 4 is 27.4 Å². The van der Waals surface area contributed by atoms with Crippen molar-refractivity contribution in [1.82, 2.24) is 0 Å². The molecule has 5 heteroatoms. The normalized spacial score (nSPS) is 10.4. The number of hydrogen-bond acceptors (Lipinski definition) is 2. The smallest absolute Gasteiger partial charge is 0.194 e. The summed E-state index contributed by atoms with van der Waals surface area (Å²) >= 11 is 3.22. The van der Waals surface area contributed by atoms with Gasteiger partial charge in [0.25, 0.3) is 0 Å². The topological polar surface area (TPSA) is 43.1 Å². The molecule has 0 aliphatic rings. The lowest BCUT2D eigenvalue weighted by Gasteiger charge is -2.05. The molecule has 0 fully saturated rings. The van der Waals surface area contributed by atoms with Gasteiger partial charge in [0.15, 0.2) is 17.4 Å². The van der Waals surface area contributed by atoms with E-state index in [2.05, 4.69) is 15.9 Å². The molecule has 2 aromatic carbocycles. The van der Waals surface area contributed by atoms with E-state index in [9.17, 15) is 13.6 Å². The summed E-state index contributed by atoms with van der Waals surface area (Å²) in [6, 6.07) is 7.76. The Bertz CT molecular complexity index is 628. The first-order chi connectivity index (χ1) is 8.49. The number of carbonyl (C=O) groups excluding carboxylic acids is 1. The number of rotatable bonds is 2. The fourth-order valence-electron chi connectivity index (χ4n) is 1.51. The molecule has 0 aliphatic carbocycles. The van der Waals surface area contributed by atoms with E-state index in [1.54, 1.807) is 12.1 Å². The average molecular weight is 312 g/mol. The van der Waals surface area contributed by atoms with Crippen LogP contribution in [0.1, 0.15) is 15.9 Å². The van der Waals surface area contributed by atoms with Gasteiger partial charge < -0.3 is 5.73 Å². The molecule has 18 heavy (non-hydrogen) atoms. The number of anilines is 1.